The number of fused-ring (bicyclic) bond motifs is 3. The first-order chi connectivity index (χ1) is 16.4. The molecule has 0 saturated carbocycles. The van der Waals surface area contributed by atoms with Gasteiger partial charge in [-0.2, -0.15) is 0 Å². The molecular formula is C27H32N2O5. The van der Waals surface area contributed by atoms with E-state index in [2.05, 4.69) is 29.6 Å². The molecule has 2 aromatic carbocycles. The Balaban J connectivity index is 1.40. The Hall–Kier alpha value is -3.35. The minimum atomic E-state index is -0.817. The number of carboxylic acid groups (broad SMARTS) is 1. The fourth-order valence-electron chi connectivity index (χ4n) is 4.99. The van der Waals surface area contributed by atoms with Crippen molar-refractivity contribution in [1.82, 2.24) is 10.2 Å². The Labute approximate surface area is 200 Å². The first-order valence-electron chi connectivity index (χ1n) is 12.0. The molecule has 2 N–H and O–H groups in total. The van der Waals surface area contributed by atoms with Gasteiger partial charge in [0.2, 0.25) is 5.91 Å². The molecule has 7 heteroatoms. The Bertz CT molecular complexity index is 1010. The van der Waals surface area contributed by atoms with E-state index in [-0.39, 0.29) is 24.3 Å². The van der Waals surface area contributed by atoms with Gasteiger partial charge in [-0.25, -0.2) is 4.79 Å². The van der Waals surface area contributed by atoms with E-state index < -0.39 is 24.0 Å². The zero-order valence-corrected chi connectivity index (χ0v) is 19.7. The summed E-state index contributed by atoms with van der Waals surface area (Å²) >= 11 is 0. The fourth-order valence-corrected chi connectivity index (χ4v) is 4.99. The van der Waals surface area contributed by atoms with Gasteiger partial charge in [0.05, 0.1) is 5.92 Å². The van der Waals surface area contributed by atoms with Crippen LogP contribution in [0.15, 0.2) is 48.5 Å². The van der Waals surface area contributed by atoms with Gasteiger partial charge in [0.25, 0.3) is 0 Å². The summed E-state index contributed by atoms with van der Waals surface area (Å²) < 4.78 is 5.65. The molecule has 0 aromatic heterocycles. The molecule has 0 radical (unpaired) electrons. The lowest BCUT2D eigenvalue weighted by Gasteiger charge is -2.34. The number of rotatable bonds is 7. The predicted molar refractivity (Wildman–Crippen MR) is 128 cm³/mol. The van der Waals surface area contributed by atoms with Gasteiger partial charge in [0.1, 0.15) is 12.6 Å². The van der Waals surface area contributed by atoms with E-state index in [0.29, 0.717) is 32.4 Å². The highest BCUT2D eigenvalue weighted by molar-refractivity contribution is 5.86. The number of hydrogen-bond donors (Lipinski definition) is 2. The first-order valence-corrected chi connectivity index (χ1v) is 12.0. The quantitative estimate of drug-likeness (QED) is 0.638. The van der Waals surface area contributed by atoms with Crippen molar-refractivity contribution in [3.05, 3.63) is 59.7 Å². The number of carbonyl (C=O) groups is 3. The van der Waals surface area contributed by atoms with Gasteiger partial charge < -0.3 is 20.1 Å². The number of likely N-dealkylation sites (tertiary alicyclic amines) is 1. The van der Waals surface area contributed by atoms with Crippen LogP contribution in [0.25, 0.3) is 11.1 Å². The maximum atomic E-state index is 13.2. The molecule has 34 heavy (non-hydrogen) atoms. The van der Waals surface area contributed by atoms with Crippen LogP contribution in [0.2, 0.25) is 0 Å². The van der Waals surface area contributed by atoms with E-state index in [0.717, 1.165) is 22.3 Å². The number of alkyl carbamates (subject to hydrolysis) is 1. The molecule has 2 aliphatic rings. The molecule has 1 saturated heterocycles. The zero-order valence-electron chi connectivity index (χ0n) is 19.7. The van der Waals surface area contributed by atoms with Gasteiger partial charge in [-0.05, 0) is 41.0 Å². The van der Waals surface area contributed by atoms with E-state index >= 15 is 0 Å². The second-order valence-corrected chi connectivity index (χ2v) is 9.27. The molecule has 7 nitrogen and oxygen atoms in total. The number of aliphatic carboxylic acids is 1. The number of nitrogens with zero attached hydrogens (tertiary/aromatic N) is 1. The third kappa shape index (κ3) is 4.79. The second kappa shape index (κ2) is 10.3. The average Bonchev–Trinajstić information content (AvgIpc) is 3.19. The summed E-state index contributed by atoms with van der Waals surface area (Å²) in [4.78, 5) is 38.9. The van der Waals surface area contributed by atoms with Crippen LogP contribution in [0.3, 0.4) is 0 Å². The normalized spacial score (nSPS) is 17.4. The van der Waals surface area contributed by atoms with Crippen LogP contribution in [-0.4, -0.2) is 53.7 Å². The van der Waals surface area contributed by atoms with Gasteiger partial charge >= 0.3 is 12.1 Å². The van der Waals surface area contributed by atoms with Crippen molar-refractivity contribution in [1.29, 1.82) is 0 Å². The topological polar surface area (TPSA) is 95.9 Å². The molecule has 0 unspecified atom stereocenters. The summed E-state index contributed by atoms with van der Waals surface area (Å²) in [5, 5.41) is 12.0. The predicted octanol–water partition coefficient (Wildman–Crippen LogP) is 4.26. The maximum absolute atomic E-state index is 13.2. The second-order valence-electron chi connectivity index (χ2n) is 9.27. The number of nitrogens with one attached hydrogen (secondary N) is 1. The lowest BCUT2D eigenvalue weighted by atomic mass is 9.94. The van der Waals surface area contributed by atoms with Crippen molar-refractivity contribution in [2.75, 3.05) is 19.7 Å². The Morgan fingerprint density at radius 3 is 2.12 bits per heavy atom. The third-order valence-corrected chi connectivity index (χ3v) is 7.25. The maximum Gasteiger partial charge on any atom is 0.407 e. The molecule has 180 valence electrons. The van der Waals surface area contributed by atoms with Crippen LogP contribution in [-0.2, 0) is 14.3 Å². The Morgan fingerprint density at radius 2 is 1.59 bits per heavy atom. The molecule has 2 atom stereocenters. The van der Waals surface area contributed by atoms with E-state index in [9.17, 15) is 19.5 Å². The highest BCUT2D eigenvalue weighted by Crippen LogP contribution is 2.44. The largest absolute Gasteiger partial charge is 0.481 e. The van der Waals surface area contributed by atoms with E-state index in [1.54, 1.807) is 4.90 Å². The molecule has 1 fully saturated rings. The zero-order chi connectivity index (χ0) is 24.2. The Morgan fingerprint density at radius 1 is 1.03 bits per heavy atom. The standard InChI is InChI=1S/C27H32N2O5/c1-3-17(2)24(25(30)29-14-12-18(13-15-29)26(31)32)28-27(33)34-16-23-21-10-6-4-8-19(21)20-9-5-7-11-22(20)23/h4-11,17-18,23-24H,3,12-16H2,1-2H3,(H,28,33)(H,31,32)/t17-,24-/m0/s1. The van der Waals surface area contributed by atoms with E-state index in [1.165, 1.54) is 0 Å². The average molecular weight is 465 g/mol. The van der Waals surface area contributed by atoms with Crippen molar-refractivity contribution in [3.8, 4) is 11.1 Å². The smallest absolute Gasteiger partial charge is 0.407 e. The molecule has 2 aromatic rings. The summed E-state index contributed by atoms with van der Waals surface area (Å²) in [5.41, 5.74) is 4.58. The lowest BCUT2D eigenvalue weighted by Crippen LogP contribution is -2.53. The third-order valence-electron chi connectivity index (χ3n) is 7.25. The van der Waals surface area contributed by atoms with Crippen LogP contribution in [0.1, 0.15) is 50.2 Å². The minimum Gasteiger partial charge on any atom is -0.481 e. The van der Waals surface area contributed by atoms with Gasteiger partial charge in [-0.15, -0.1) is 0 Å². The molecule has 4 rings (SSSR count). The van der Waals surface area contributed by atoms with E-state index in [4.69, 9.17) is 4.74 Å². The lowest BCUT2D eigenvalue weighted by molar-refractivity contribution is -0.146. The summed E-state index contributed by atoms with van der Waals surface area (Å²) in [6.45, 7) is 4.85. The molecule has 2 amide bonds. The molecule has 1 heterocycles. The highest BCUT2D eigenvalue weighted by atomic mass is 16.5. The number of benzene rings is 2. The van der Waals surface area contributed by atoms with Crippen LogP contribution in [0.4, 0.5) is 4.79 Å². The monoisotopic (exact) mass is 464 g/mol. The van der Waals surface area contributed by atoms with Crippen LogP contribution in [0.5, 0.6) is 0 Å². The number of ether oxygens (including phenoxy) is 1. The number of amides is 2. The van der Waals surface area contributed by atoms with Crippen LogP contribution >= 0.6 is 0 Å². The first kappa shape index (κ1) is 23.8. The fraction of sp³-hybridized carbons (Fsp3) is 0.444. The number of carboxylic acids is 1. The Kier molecular flexibility index (Phi) is 7.20. The summed E-state index contributed by atoms with van der Waals surface area (Å²) in [6, 6.07) is 15.6. The summed E-state index contributed by atoms with van der Waals surface area (Å²) in [6.07, 6.45) is 0.963. The molecule has 0 bridgehead atoms. The molecular weight excluding hydrogens is 432 g/mol. The number of carbonyl (C=O) groups excluding carboxylic acids is 2. The summed E-state index contributed by atoms with van der Waals surface area (Å²) in [5.74, 6) is -1.54. The van der Waals surface area contributed by atoms with Gasteiger partial charge in [-0.3, -0.25) is 9.59 Å². The molecule has 1 aliphatic heterocycles. The highest BCUT2D eigenvalue weighted by Gasteiger charge is 2.35. The SMILES string of the molecule is CC[C@H](C)[C@H](NC(=O)OCC1c2ccccc2-c2ccccc21)C(=O)N1CCC(C(=O)O)CC1. The van der Waals surface area contributed by atoms with Gasteiger partial charge in [0.15, 0.2) is 0 Å². The van der Waals surface area contributed by atoms with Crippen molar-refractivity contribution in [3.63, 3.8) is 0 Å². The van der Waals surface area contributed by atoms with Crippen molar-refractivity contribution < 1.29 is 24.2 Å². The van der Waals surface area contributed by atoms with E-state index in [1.807, 2.05) is 38.1 Å². The molecule has 0 spiro atoms. The minimum absolute atomic E-state index is 0.0500. The van der Waals surface area contributed by atoms with Crippen LogP contribution in [0, 0.1) is 11.8 Å². The number of piperidine rings is 1. The number of hydrogen-bond acceptors (Lipinski definition) is 4. The summed E-state index contributed by atoms with van der Waals surface area (Å²) in [7, 11) is 0. The van der Waals surface area contributed by atoms with Gasteiger partial charge in [-0.1, -0.05) is 68.8 Å². The van der Waals surface area contributed by atoms with Crippen molar-refractivity contribution in [2.45, 2.75) is 45.1 Å². The van der Waals surface area contributed by atoms with Crippen LogP contribution < -0.4 is 5.32 Å². The van der Waals surface area contributed by atoms with Crippen molar-refractivity contribution >= 4 is 18.0 Å². The van der Waals surface area contributed by atoms with Gasteiger partial charge in [0, 0.05) is 19.0 Å². The van der Waals surface area contributed by atoms with Crippen molar-refractivity contribution in [2.24, 2.45) is 11.8 Å². The molecule has 1 aliphatic carbocycles.